The lowest BCUT2D eigenvalue weighted by atomic mass is 10.1. The smallest absolute Gasteiger partial charge is 0.253 e. The highest BCUT2D eigenvalue weighted by Gasteiger charge is 2.21. The Morgan fingerprint density at radius 1 is 1.08 bits per heavy atom. The molecule has 1 aliphatic heterocycles. The fourth-order valence-corrected chi connectivity index (χ4v) is 3.27. The Morgan fingerprint density at radius 2 is 1.92 bits per heavy atom. The summed E-state index contributed by atoms with van der Waals surface area (Å²) in [4.78, 5) is 21.2. The van der Waals surface area contributed by atoms with Crippen molar-refractivity contribution in [3.8, 4) is 0 Å². The number of aryl methyl sites for hydroxylation is 2. The van der Waals surface area contributed by atoms with Crippen LogP contribution < -0.4 is 4.90 Å². The summed E-state index contributed by atoms with van der Waals surface area (Å²) >= 11 is 6.16. The fourth-order valence-electron chi connectivity index (χ4n) is 3.09. The molecule has 0 unspecified atom stereocenters. The molecule has 3 rings (SSSR count). The van der Waals surface area contributed by atoms with Crippen LogP contribution in [0.2, 0.25) is 5.02 Å². The van der Waals surface area contributed by atoms with E-state index in [0.29, 0.717) is 17.1 Å². The Morgan fingerprint density at radius 3 is 2.67 bits per heavy atom. The van der Waals surface area contributed by atoms with Crippen molar-refractivity contribution in [2.24, 2.45) is 0 Å². The van der Waals surface area contributed by atoms with E-state index >= 15 is 0 Å². The quantitative estimate of drug-likeness (QED) is 0.834. The van der Waals surface area contributed by atoms with Crippen molar-refractivity contribution in [1.29, 1.82) is 0 Å². The zero-order valence-electron chi connectivity index (χ0n) is 14.1. The fraction of sp³-hybridized carbons (Fsp3) is 0.368. The average Bonchev–Trinajstić information content (AvgIpc) is 2.83. The average molecular weight is 344 g/mol. The highest BCUT2D eigenvalue weighted by Crippen LogP contribution is 2.22. The van der Waals surface area contributed by atoms with E-state index < -0.39 is 0 Å². The van der Waals surface area contributed by atoms with E-state index in [-0.39, 0.29) is 5.91 Å². The van der Waals surface area contributed by atoms with Crippen molar-refractivity contribution < 1.29 is 4.79 Å². The molecule has 1 aliphatic rings. The first-order valence-corrected chi connectivity index (χ1v) is 8.65. The zero-order chi connectivity index (χ0) is 17.1. The van der Waals surface area contributed by atoms with E-state index in [4.69, 9.17) is 11.6 Å². The number of rotatable bonds is 2. The number of anilines is 1. The van der Waals surface area contributed by atoms with Gasteiger partial charge in [-0.15, -0.1) is 0 Å². The second-order valence-corrected chi connectivity index (χ2v) is 6.67. The molecule has 2 heterocycles. The van der Waals surface area contributed by atoms with E-state index in [1.165, 1.54) is 11.3 Å². The van der Waals surface area contributed by atoms with E-state index in [0.717, 1.165) is 31.6 Å². The number of carbonyl (C=O) groups excluding carboxylic acids is 1. The molecule has 24 heavy (non-hydrogen) atoms. The van der Waals surface area contributed by atoms with E-state index in [9.17, 15) is 4.79 Å². The Labute approximate surface area is 148 Å². The predicted octanol–water partition coefficient (Wildman–Crippen LogP) is 3.70. The molecule has 5 heteroatoms. The first kappa shape index (κ1) is 16.8. The minimum absolute atomic E-state index is 0.0604. The number of benzene rings is 1. The van der Waals surface area contributed by atoms with Crippen molar-refractivity contribution in [2.45, 2.75) is 20.3 Å². The van der Waals surface area contributed by atoms with Crippen molar-refractivity contribution in [1.82, 2.24) is 9.88 Å². The molecule has 126 valence electrons. The van der Waals surface area contributed by atoms with Crippen LogP contribution in [0.5, 0.6) is 0 Å². The van der Waals surface area contributed by atoms with Gasteiger partial charge in [-0.2, -0.15) is 0 Å². The number of hydrogen-bond acceptors (Lipinski definition) is 3. The number of hydrogen-bond donors (Lipinski definition) is 0. The molecule has 2 aromatic rings. The van der Waals surface area contributed by atoms with Crippen LogP contribution in [0, 0.1) is 13.8 Å². The second-order valence-electron chi connectivity index (χ2n) is 6.26. The van der Waals surface area contributed by atoms with Crippen molar-refractivity contribution in [3.63, 3.8) is 0 Å². The monoisotopic (exact) mass is 343 g/mol. The number of carbonyl (C=O) groups is 1. The van der Waals surface area contributed by atoms with Gasteiger partial charge in [-0.1, -0.05) is 17.7 Å². The molecule has 0 bridgehead atoms. The maximum Gasteiger partial charge on any atom is 0.253 e. The van der Waals surface area contributed by atoms with Crippen LogP contribution in [-0.2, 0) is 0 Å². The van der Waals surface area contributed by atoms with E-state index in [2.05, 4.69) is 16.8 Å². The summed E-state index contributed by atoms with van der Waals surface area (Å²) in [5, 5.41) is 0.643. The maximum atomic E-state index is 12.8. The summed E-state index contributed by atoms with van der Waals surface area (Å²) in [5.74, 6) is 0.0604. The topological polar surface area (TPSA) is 36.4 Å². The van der Waals surface area contributed by atoms with Crippen LogP contribution in [0.1, 0.15) is 27.9 Å². The van der Waals surface area contributed by atoms with Gasteiger partial charge in [0, 0.05) is 54.8 Å². The third-order valence-electron chi connectivity index (χ3n) is 4.53. The molecule has 0 spiro atoms. The van der Waals surface area contributed by atoms with Gasteiger partial charge in [0.25, 0.3) is 5.91 Å². The van der Waals surface area contributed by atoms with Gasteiger partial charge in [0.1, 0.15) is 0 Å². The number of aromatic nitrogens is 1. The molecular weight excluding hydrogens is 322 g/mol. The summed E-state index contributed by atoms with van der Waals surface area (Å²) in [6.45, 7) is 7.28. The van der Waals surface area contributed by atoms with Crippen LogP contribution in [0.3, 0.4) is 0 Å². The lowest BCUT2D eigenvalue weighted by Crippen LogP contribution is -2.35. The highest BCUT2D eigenvalue weighted by molar-refractivity contribution is 6.31. The molecule has 4 nitrogen and oxygen atoms in total. The molecule has 1 aromatic carbocycles. The Hall–Kier alpha value is -2.07. The largest absolute Gasteiger partial charge is 0.369 e. The molecule has 0 saturated carbocycles. The number of pyridine rings is 1. The predicted molar refractivity (Wildman–Crippen MR) is 97.9 cm³/mol. The van der Waals surface area contributed by atoms with Crippen LogP contribution in [0.25, 0.3) is 0 Å². The van der Waals surface area contributed by atoms with Crippen LogP contribution >= 0.6 is 11.6 Å². The van der Waals surface area contributed by atoms with Crippen LogP contribution in [0.15, 0.2) is 36.7 Å². The number of halogens is 1. The third-order valence-corrected chi connectivity index (χ3v) is 4.94. The lowest BCUT2D eigenvalue weighted by molar-refractivity contribution is 0.0767. The second kappa shape index (κ2) is 7.22. The third kappa shape index (κ3) is 3.54. The Bertz CT molecular complexity index is 747. The van der Waals surface area contributed by atoms with Gasteiger partial charge in [-0.25, -0.2) is 0 Å². The lowest BCUT2D eigenvalue weighted by Gasteiger charge is -2.25. The van der Waals surface area contributed by atoms with Gasteiger partial charge >= 0.3 is 0 Å². The Balaban J connectivity index is 1.72. The van der Waals surface area contributed by atoms with Gasteiger partial charge in [0.15, 0.2) is 0 Å². The number of nitrogens with zero attached hydrogens (tertiary/aromatic N) is 3. The summed E-state index contributed by atoms with van der Waals surface area (Å²) in [7, 11) is 0. The zero-order valence-corrected chi connectivity index (χ0v) is 14.9. The van der Waals surface area contributed by atoms with Gasteiger partial charge in [0.05, 0.1) is 0 Å². The maximum absolute atomic E-state index is 12.8. The van der Waals surface area contributed by atoms with Crippen molar-refractivity contribution >= 4 is 23.2 Å². The number of amides is 1. The summed E-state index contributed by atoms with van der Waals surface area (Å²) in [5.41, 5.74) is 4.03. The minimum Gasteiger partial charge on any atom is -0.369 e. The molecule has 0 N–H and O–H groups in total. The Kier molecular flexibility index (Phi) is 5.05. The molecular formula is C19H22ClN3O. The normalized spacial score (nSPS) is 15.3. The van der Waals surface area contributed by atoms with Gasteiger partial charge in [-0.3, -0.25) is 9.78 Å². The molecule has 0 aliphatic carbocycles. The molecule has 0 atom stereocenters. The minimum atomic E-state index is 0.0604. The van der Waals surface area contributed by atoms with E-state index in [1.807, 2.05) is 42.4 Å². The van der Waals surface area contributed by atoms with E-state index in [1.54, 1.807) is 6.07 Å². The molecule has 1 amide bonds. The van der Waals surface area contributed by atoms with Crippen molar-refractivity contribution in [2.75, 3.05) is 31.1 Å². The highest BCUT2D eigenvalue weighted by atomic mass is 35.5. The SMILES string of the molecule is Cc1ccc(C(=O)N2CCCN(c3ccncc3C)CC2)cc1Cl. The van der Waals surface area contributed by atoms with Crippen LogP contribution in [-0.4, -0.2) is 42.0 Å². The van der Waals surface area contributed by atoms with Gasteiger partial charge in [0.2, 0.25) is 0 Å². The van der Waals surface area contributed by atoms with Gasteiger partial charge in [-0.05, 0) is 49.6 Å². The molecule has 0 radical (unpaired) electrons. The standard InChI is InChI=1S/C19H22ClN3O/c1-14-4-5-16(12-17(14)20)19(24)23-9-3-8-22(10-11-23)18-6-7-21-13-15(18)2/h4-7,12-13H,3,8-11H2,1-2H3. The summed E-state index contributed by atoms with van der Waals surface area (Å²) < 4.78 is 0. The van der Waals surface area contributed by atoms with Crippen molar-refractivity contribution in [3.05, 3.63) is 58.4 Å². The first-order valence-electron chi connectivity index (χ1n) is 8.27. The summed E-state index contributed by atoms with van der Waals surface area (Å²) in [6.07, 6.45) is 4.66. The summed E-state index contributed by atoms with van der Waals surface area (Å²) in [6, 6.07) is 7.58. The first-order chi connectivity index (χ1) is 11.6. The van der Waals surface area contributed by atoms with Gasteiger partial charge < -0.3 is 9.80 Å². The van der Waals surface area contributed by atoms with Crippen LogP contribution in [0.4, 0.5) is 5.69 Å². The molecule has 1 aromatic heterocycles. The molecule has 1 saturated heterocycles. The molecule has 1 fully saturated rings.